The zero-order valence-corrected chi connectivity index (χ0v) is 24.4. The van der Waals surface area contributed by atoms with Crippen molar-refractivity contribution in [3.63, 3.8) is 0 Å². The summed E-state index contributed by atoms with van der Waals surface area (Å²) in [6.45, 7) is 0.0594. The number of anilines is 1. The van der Waals surface area contributed by atoms with Crippen LogP contribution < -0.4 is 15.4 Å². The molecule has 0 aliphatic carbocycles. The molecule has 0 bridgehead atoms. The third kappa shape index (κ3) is 7.42. The van der Waals surface area contributed by atoms with Crippen LogP contribution in [0.1, 0.15) is 56.2 Å². The number of carboxylic acid groups (broad SMARTS) is 2. The number of alkyl carbamates (subject to hydrolysis) is 1. The zero-order valence-electron chi connectivity index (χ0n) is 22.8. The van der Waals surface area contributed by atoms with Gasteiger partial charge >= 0.3 is 18.0 Å². The highest BCUT2D eigenvalue weighted by Gasteiger charge is 2.17. The number of rotatable bonds is 14. The van der Waals surface area contributed by atoms with Crippen LogP contribution >= 0.6 is 22.7 Å². The minimum Gasteiger partial charge on any atom is -0.496 e. The summed E-state index contributed by atoms with van der Waals surface area (Å²) in [5, 5.41) is 25.1. The fraction of sp³-hybridized carbons (Fsp3) is 0.276. The number of nitrogens with one attached hydrogen (secondary N) is 2. The molecule has 0 saturated carbocycles. The Morgan fingerprint density at radius 2 is 1.31 bits per heavy atom. The third-order valence-corrected chi connectivity index (χ3v) is 8.67. The predicted molar refractivity (Wildman–Crippen MR) is 159 cm³/mol. The molecule has 1 amide bonds. The van der Waals surface area contributed by atoms with E-state index in [2.05, 4.69) is 10.6 Å². The van der Waals surface area contributed by atoms with Crippen LogP contribution in [-0.4, -0.2) is 54.0 Å². The van der Waals surface area contributed by atoms with Crippen LogP contribution in [0.3, 0.4) is 0 Å². The molecule has 4 N–H and O–H groups in total. The summed E-state index contributed by atoms with van der Waals surface area (Å²) in [5.41, 5.74) is 2.12. The average Bonchev–Trinajstić information content (AvgIpc) is 3.58. The van der Waals surface area contributed by atoms with Crippen LogP contribution in [-0.2, 0) is 27.5 Å². The van der Waals surface area contributed by atoms with Crippen LogP contribution in [0.15, 0.2) is 36.4 Å². The lowest BCUT2D eigenvalue weighted by molar-refractivity contribution is -0.137. The van der Waals surface area contributed by atoms with Gasteiger partial charge in [-0.3, -0.25) is 19.2 Å². The van der Waals surface area contributed by atoms with E-state index in [-0.39, 0.29) is 50.4 Å². The van der Waals surface area contributed by atoms with Crippen molar-refractivity contribution in [2.45, 2.75) is 38.8 Å². The van der Waals surface area contributed by atoms with Crippen molar-refractivity contribution in [3.8, 4) is 5.75 Å². The van der Waals surface area contributed by atoms with Gasteiger partial charge in [0.2, 0.25) is 0 Å². The number of fused-ring (bicyclic) bond motifs is 2. The van der Waals surface area contributed by atoms with Gasteiger partial charge < -0.3 is 30.3 Å². The number of thiophene rings is 2. The van der Waals surface area contributed by atoms with Crippen molar-refractivity contribution < 1.29 is 43.7 Å². The third-order valence-electron chi connectivity index (χ3n) is 6.39. The second-order valence-corrected chi connectivity index (χ2v) is 11.5. The number of amides is 1. The first-order valence-corrected chi connectivity index (χ1v) is 14.5. The molecular formula is C29H28N2O9S2. The van der Waals surface area contributed by atoms with Crippen molar-refractivity contribution in [2.24, 2.45) is 0 Å². The highest BCUT2D eigenvalue weighted by molar-refractivity contribution is 7.21. The standard InChI is InChI=1S/C29H28N2O9S2/c1-30-19-7-15-9-25(20(32)3-5-27(34)35)41-23(15)11-17(19)13-31-29(38)40-14-18-12-24-16(8-22(18)39-2)10-26(42-24)21(33)4-6-28(36)37/h7-12,30H,3-6,13-14H2,1-2H3,(H,31,38)(H,34,35)(H,36,37). The van der Waals surface area contributed by atoms with Gasteiger partial charge in [-0.25, -0.2) is 4.79 Å². The molecule has 4 aromatic rings. The summed E-state index contributed by atoms with van der Waals surface area (Å²) in [7, 11) is 3.23. The maximum absolute atomic E-state index is 12.6. The van der Waals surface area contributed by atoms with E-state index in [1.54, 1.807) is 31.3 Å². The maximum atomic E-state index is 12.6. The molecule has 0 aliphatic rings. The van der Waals surface area contributed by atoms with Gasteiger partial charge in [-0.1, -0.05) is 0 Å². The van der Waals surface area contributed by atoms with Crippen LogP contribution in [0.2, 0.25) is 0 Å². The number of carbonyl (C=O) groups excluding carboxylic acids is 3. The molecular weight excluding hydrogens is 584 g/mol. The molecule has 2 aromatic carbocycles. The Labute approximate surface area is 248 Å². The van der Waals surface area contributed by atoms with Gasteiger partial charge in [0.1, 0.15) is 12.4 Å². The van der Waals surface area contributed by atoms with Crippen molar-refractivity contribution in [1.82, 2.24) is 5.32 Å². The summed E-state index contributed by atoms with van der Waals surface area (Å²) in [6.07, 6.45) is -1.29. The lowest BCUT2D eigenvalue weighted by Crippen LogP contribution is -2.24. The molecule has 2 aromatic heterocycles. The Morgan fingerprint density at radius 1 is 0.762 bits per heavy atom. The summed E-state index contributed by atoms with van der Waals surface area (Å²) in [5.74, 6) is -2.06. The monoisotopic (exact) mass is 612 g/mol. The number of ketones is 2. The lowest BCUT2D eigenvalue weighted by atomic mass is 10.1. The molecule has 0 spiro atoms. The normalized spacial score (nSPS) is 10.9. The van der Waals surface area contributed by atoms with E-state index >= 15 is 0 Å². The van der Waals surface area contributed by atoms with Crippen molar-refractivity contribution in [1.29, 1.82) is 0 Å². The van der Waals surface area contributed by atoms with E-state index in [4.69, 9.17) is 19.7 Å². The molecule has 0 atom stereocenters. The fourth-order valence-electron chi connectivity index (χ4n) is 4.24. The first kappa shape index (κ1) is 30.5. The quantitative estimate of drug-likeness (QED) is 0.130. The summed E-state index contributed by atoms with van der Waals surface area (Å²) in [4.78, 5) is 59.8. The molecule has 4 rings (SSSR count). The van der Waals surface area contributed by atoms with E-state index < -0.39 is 18.0 Å². The summed E-state index contributed by atoms with van der Waals surface area (Å²) < 4.78 is 12.5. The highest BCUT2D eigenvalue weighted by atomic mass is 32.1. The van der Waals surface area contributed by atoms with Crippen LogP contribution in [0.5, 0.6) is 5.75 Å². The summed E-state index contributed by atoms with van der Waals surface area (Å²) in [6, 6.07) is 10.7. The largest absolute Gasteiger partial charge is 0.496 e. The summed E-state index contributed by atoms with van der Waals surface area (Å²) >= 11 is 2.51. The maximum Gasteiger partial charge on any atom is 0.407 e. The molecule has 13 heteroatoms. The molecule has 0 fully saturated rings. The number of methoxy groups -OCH3 is 1. The van der Waals surface area contributed by atoms with Gasteiger partial charge in [-0.15, -0.1) is 22.7 Å². The van der Waals surface area contributed by atoms with Gasteiger partial charge in [0.25, 0.3) is 0 Å². The smallest absolute Gasteiger partial charge is 0.407 e. The Balaban J connectivity index is 1.41. The van der Waals surface area contributed by atoms with E-state index in [0.717, 1.165) is 31.4 Å². The van der Waals surface area contributed by atoms with Crippen LogP contribution in [0.4, 0.5) is 10.5 Å². The molecule has 11 nitrogen and oxygen atoms in total. The van der Waals surface area contributed by atoms with Crippen LogP contribution in [0.25, 0.3) is 20.2 Å². The van der Waals surface area contributed by atoms with Gasteiger partial charge in [-0.05, 0) is 52.7 Å². The fourth-order valence-corrected chi connectivity index (χ4v) is 6.39. The lowest BCUT2D eigenvalue weighted by Gasteiger charge is -2.13. The molecule has 0 radical (unpaired) electrons. The Morgan fingerprint density at radius 3 is 1.83 bits per heavy atom. The topological polar surface area (TPSA) is 168 Å². The molecule has 42 heavy (non-hydrogen) atoms. The molecule has 2 heterocycles. The molecule has 0 saturated heterocycles. The van der Waals surface area contributed by atoms with E-state index in [1.807, 2.05) is 12.1 Å². The molecule has 0 unspecified atom stereocenters. The van der Waals surface area contributed by atoms with Gasteiger partial charge in [0, 0.05) is 47.1 Å². The average molecular weight is 613 g/mol. The van der Waals surface area contributed by atoms with Crippen LogP contribution in [0, 0.1) is 0 Å². The number of ether oxygens (including phenoxy) is 2. The number of hydrogen-bond donors (Lipinski definition) is 4. The van der Waals surface area contributed by atoms with E-state index in [9.17, 15) is 24.0 Å². The predicted octanol–water partition coefficient (Wildman–Crippen LogP) is 5.69. The Kier molecular flexibility index (Phi) is 9.76. The second kappa shape index (κ2) is 13.4. The Bertz CT molecular complexity index is 1570. The van der Waals surface area contributed by atoms with Gasteiger partial charge in [0.05, 0.1) is 29.7 Å². The van der Waals surface area contributed by atoms with Crippen molar-refractivity contribution in [2.75, 3.05) is 19.5 Å². The number of carboxylic acids is 2. The first-order chi connectivity index (χ1) is 20.1. The zero-order chi connectivity index (χ0) is 30.4. The first-order valence-electron chi connectivity index (χ1n) is 12.8. The minimum absolute atomic E-state index is 0.0718. The van der Waals surface area contributed by atoms with E-state index in [1.165, 1.54) is 29.8 Å². The minimum atomic E-state index is -1.03. The van der Waals surface area contributed by atoms with Gasteiger partial charge in [-0.2, -0.15) is 0 Å². The molecule has 220 valence electrons. The number of hydrogen-bond acceptors (Lipinski definition) is 10. The van der Waals surface area contributed by atoms with Gasteiger partial charge in [0.15, 0.2) is 11.6 Å². The van der Waals surface area contributed by atoms with E-state index in [0.29, 0.717) is 21.1 Å². The highest BCUT2D eigenvalue weighted by Crippen LogP contribution is 2.34. The number of Topliss-reactive ketones (excluding diaryl/α,β-unsaturated/α-hetero) is 2. The SMILES string of the molecule is CNc1cc2cc(C(=O)CCC(=O)O)sc2cc1CNC(=O)OCc1cc2sc(C(=O)CCC(=O)O)cc2cc1OC. The van der Waals surface area contributed by atoms with Crippen molar-refractivity contribution >= 4 is 78.1 Å². The second-order valence-electron chi connectivity index (χ2n) is 9.28. The molecule has 0 aliphatic heterocycles. The number of aliphatic carboxylic acids is 2. The number of carbonyl (C=O) groups is 5. The number of benzene rings is 2. The van der Waals surface area contributed by atoms with Crippen molar-refractivity contribution in [3.05, 3.63) is 57.3 Å². The Hall–Kier alpha value is -4.49.